The lowest BCUT2D eigenvalue weighted by atomic mass is 10.1. The second-order valence-electron chi connectivity index (χ2n) is 5.68. The van der Waals surface area contributed by atoms with E-state index in [2.05, 4.69) is 76.2 Å². The van der Waals surface area contributed by atoms with Crippen LogP contribution in [0.25, 0.3) is 0 Å². The first-order chi connectivity index (χ1) is 10.1. The van der Waals surface area contributed by atoms with Gasteiger partial charge in [-0.05, 0) is 36.2 Å². The Morgan fingerprint density at radius 2 is 2.05 bits per heavy atom. The highest BCUT2D eigenvalue weighted by molar-refractivity contribution is 9.10. The van der Waals surface area contributed by atoms with Gasteiger partial charge in [0.05, 0.1) is 17.1 Å². The average molecular weight is 342 g/mol. The minimum Gasteiger partial charge on any atom is -0.362 e. The van der Waals surface area contributed by atoms with Gasteiger partial charge in [-0.25, -0.2) is 4.99 Å². The fraction of sp³-hybridized carbons (Fsp3) is 0.235. The van der Waals surface area contributed by atoms with Crippen LogP contribution in [0.1, 0.15) is 11.1 Å². The molecule has 4 rings (SSSR count). The van der Waals surface area contributed by atoms with Gasteiger partial charge in [-0.15, -0.1) is 0 Å². The van der Waals surface area contributed by atoms with Crippen LogP contribution in [0.4, 0.5) is 17.1 Å². The molecular formula is C17H16BrN3. The molecule has 106 valence electrons. The Labute approximate surface area is 133 Å². The van der Waals surface area contributed by atoms with Crippen molar-refractivity contribution in [3.05, 3.63) is 52.0 Å². The molecule has 3 nitrogen and oxygen atoms in total. The van der Waals surface area contributed by atoms with E-state index in [0.29, 0.717) is 0 Å². The van der Waals surface area contributed by atoms with Crippen LogP contribution in [-0.4, -0.2) is 31.4 Å². The first kappa shape index (κ1) is 12.9. The molecule has 2 heterocycles. The predicted molar refractivity (Wildman–Crippen MR) is 91.2 cm³/mol. The molecule has 2 aromatic carbocycles. The SMILES string of the molecule is CN(C)C1=Nc2cc(Br)ccc2N2CCc3cccc1c32. The first-order valence-electron chi connectivity index (χ1n) is 7.10. The van der Waals surface area contributed by atoms with Crippen LogP contribution in [0.5, 0.6) is 0 Å². The zero-order chi connectivity index (χ0) is 14.6. The largest absolute Gasteiger partial charge is 0.362 e. The van der Waals surface area contributed by atoms with Gasteiger partial charge in [0.15, 0.2) is 0 Å². The number of aliphatic imine (C=N–C) groups is 1. The highest BCUT2D eigenvalue weighted by atomic mass is 79.9. The number of amidine groups is 1. The normalized spacial score (nSPS) is 15.2. The van der Waals surface area contributed by atoms with Gasteiger partial charge in [0.25, 0.3) is 0 Å². The van der Waals surface area contributed by atoms with Crippen LogP contribution >= 0.6 is 15.9 Å². The van der Waals surface area contributed by atoms with Gasteiger partial charge in [0.1, 0.15) is 5.84 Å². The summed E-state index contributed by atoms with van der Waals surface area (Å²) < 4.78 is 1.06. The van der Waals surface area contributed by atoms with E-state index in [4.69, 9.17) is 4.99 Å². The molecule has 0 amide bonds. The average Bonchev–Trinajstić information content (AvgIpc) is 2.82. The van der Waals surface area contributed by atoms with Crippen molar-refractivity contribution >= 4 is 38.8 Å². The molecule has 0 radical (unpaired) electrons. The summed E-state index contributed by atoms with van der Waals surface area (Å²) in [4.78, 5) is 9.45. The summed E-state index contributed by atoms with van der Waals surface area (Å²) in [5, 5.41) is 0. The van der Waals surface area contributed by atoms with Crippen LogP contribution in [0.2, 0.25) is 0 Å². The fourth-order valence-electron chi connectivity index (χ4n) is 3.21. The Hall–Kier alpha value is -1.81. The lowest BCUT2D eigenvalue weighted by Crippen LogP contribution is -2.24. The van der Waals surface area contributed by atoms with Crippen molar-refractivity contribution in [2.24, 2.45) is 4.99 Å². The summed E-state index contributed by atoms with van der Waals surface area (Å²) in [6.07, 6.45) is 1.10. The Kier molecular flexibility index (Phi) is 2.82. The van der Waals surface area contributed by atoms with Crippen molar-refractivity contribution in [3.8, 4) is 0 Å². The van der Waals surface area contributed by atoms with Gasteiger partial charge < -0.3 is 9.80 Å². The topological polar surface area (TPSA) is 18.8 Å². The second kappa shape index (κ2) is 4.60. The minimum atomic E-state index is 1.02. The zero-order valence-electron chi connectivity index (χ0n) is 12.1. The van der Waals surface area contributed by atoms with E-state index in [1.807, 2.05) is 0 Å². The Morgan fingerprint density at radius 1 is 1.19 bits per heavy atom. The van der Waals surface area contributed by atoms with Gasteiger partial charge >= 0.3 is 0 Å². The van der Waals surface area contributed by atoms with E-state index >= 15 is 0 Å². The van der Waals surface area contributed by atoms with Crippen molar-refractivity contribution in [1.29, 1.82) is 0 Å². The predicted octanol–water partition coefficient (Wildman–Crippen LogP) is 4.10. The second-order valence-corrected chi connectivity index (χ2v) is 6.59. The van der Waals surface area contributed by atoms with E-state index in [9.17, 15) is 0 Å². The van der Waals surface area contributed by atoms with Gasteiger partial charge in [-0.2, -0.15) is 0 Å². The third-order valence-electron chi connectivity index (χ3n) is 4.11. The monoisotopic (exact) mass is 341 g/mol. The van der Waals surface area contributed by atoms with Crippen molar-refractivity contribution in [1.82, 2.24) is 4.90 Å². The van der Waals surface area contributed by atoms with E-state index < -0.39 is 0 Å². The van der Waals surface area contributed by atoms with Crippen LogP contribution in [0.3, 0.4) is 0 Å². The van der Waals surface area contributed by atoms with Gasteiger partial charge in [0, 0.05) is 30.7 Å². The van der Waals surface area contributed by atoms with Crippen molar-refractivity contribution in [2.75, 3.05) is 25.5 Å². The van der Waals surface area contributed by atoms with Gasteiger partial charge in [-0.1, -0.05) is 28.1 Å². The Morgan fingerprint density at radius 3 is 2.86 bits per heavy atom. The maximum absolute atomic E-state index is 4.94. The molecule has 0 fully saturated rings. The maximum atomic E-state index is 4.94. The first-order valence-corrected chi connectivity index (χ1v) is 7.90. The summed E-state index contributed by atoms with van der Waals surface area (Å²) in [6, 6.07) is 12.9. The lowest BCUT2D eigenvalue weighted by molar-refractivity contribution is 0.624. The summed E-state index contributed by atoms with van der Waals surface area (Å²) in [6.45, 7) is 1.03. The van der Waals surface area contributed by atoms with Crippen molar-refractivity contribution < 1.29 is 0 Å². The highest BCUT2D eigenvalue weighted by Gasteiger charge is 2.30. The molecule has 0 aromatic heterocycles. The summed E-state index contributed by atoms with van der Waals surface area (Å²) in [5.41, 5.74) is 6.18. The van der Waals surface area contributed by atoms with E-state index in [1.54, 1.807) is 0 Å². The smallest absolute Gasteiger partial charge is 0.138 e. The molecule has 0 atom stereocenters. The number of rotatable bonds is 0. The molecule has 0 saturated carbocycles. The molecule has 2 aliphatic heterocycles. The standard InChI is InChI=1S/C17H16BrN3/c1-20(2)17-13-5-3-4-11-8-9-21(16(11)13)15-7-6-12(18)10-14(15)19-17/h3-7,10H,8-9H2,1-2H3. The van der Waals surface area contributed by atoms with E-state index in [-0.39, 0.29) is 0 Å². The number of para-hydroxylation sites is 1. The molecule has 0 saturated heterocycles. The third kappa shape index (κ3) is 1.89. The summed E-state index contributed by atoms with van der Waals surface area (Å²) in [5.74, 6) is 1.02. The number of nitrogens with zero attached hydrogens (tertiary/aromatic N) is 3. The number of hydrogen-bond acceptors (Lipinski definition) is 3. The minimum absolute atomic E-state index is 1.02. The molecule has 0 unspecified atom stereocenters. The lowest BCUT2D eigenvalue weighted by Gasteiger charge is -2.22. The zero-order valence-corrected chi connectivity index (χ0v) is 13.7. The molecule has 0 bridgehead atoms. The van der Waals surface area contributed by atoms with E-state index in [0.717, 1.165) is 29.0 Å². The summed E-state index contributed by atoms with van der Waals surface area (Å²) >= 11 is 3.56. The number of anilines is 2. The molecule has 0 spiro atoms. The molecule has 2 aromatic rings. The Balaban J connectivity index is 2.07. The van der Waals surface area contributed by atoms with Gasteiger partial charge in [0.2, 0.25) is 0 Å². The highest BCUT2D eigenvalue weighted by Crippen LogP contribution is 2.45. The number of fused-ring (bicyclic) bond motifs is 2. The number of benzene rings is 2. The molecule has 2 aliphatic rings. The molecule has 21 heavy (non-hydrogen) atoms. The maximum Gasteiger partial charge on any atom is 0.138 e. The summed E-state index contributed by atoms with van der Waals surface area (Å²) in [7, 11) is 4.11. The number of hydrogen-bond donors (Lipinski definition) is 0. The van der Waals surface area contributed by atoms with Crippen LogP contribution in [0.15, 0.2) is 45.9 Å². The molecule has 4 heteroatoms. The molecule has 0 N–H and O–H groups in total. The van der Waals surface area contributed by atoms with Crippen molar-refractivity contribution in [2.45, 2.75) is 6.42 Å². The van der Waals surface area contributed by atoms with Crippen LogP contribution < -0.4 is 4.90 Å². The fourth-order valence-corrected chi connectivity index (χ4v) is 3.56. The van der Waals surface area contributed by atoms with E-state index in [1.165, 1.54) is 22.5 Å². The quantitative estimate of drug-likeness (QED) is 0.718. The molecular weight excluding hydrogens is 326 g/mol. The molecule has 0 aliphatic carbocycles. The van der Waals surface area contributed by atoms with Crippen molar-refractivity contribution in [3.63, 3.8) is 0 Å². The van der Waals surface area contributed by atoms with Crippen LogP contribution in [0, 0.1) is 0 Å². The number of halogens is 1. The van der Waals surface area contributed by atoms with Crippen LogP contribution in [-0.2, 0) is 6.42 Å². The Bertz CT molecular complexity index is 765. The third-order valence-corrected chi connectivity index (χ3v) is 4.61. The van der Waals surface area contributed by atoms with Gasteiger partial charge in [-0.3, -0.25) is 0 Å².